The lowest BCUT2D eigenvalue weighted by molar-refractivity contribution is 0.102. The summed E-state index contributed by atoms with van der Waals surface area (Å²) in [7, 11) is -3.45. The fourth-order valence-electron chi connectivity index (χ4n) is 1.96. The summed E-state index contributed by atoms with van der Waals surface area (Å²) >= 11 is 5.67. The molecule has 5 nitrogen and oxygen atoms in total. The van der Waals surface area contributed by atoms with Crippen molar-refractivity contribution in [3.8, 4) is 0 Å². The van der Waals surface area contributed by atoms with Gasteiger partial charge >= 0.3 is 0 Å². The summed E-state index contributed by atoms with van der Waals surface area (Å²) in [4.78, 5) is 12.3. The first-order valence-corrected chi connectivity index (χ1v) is 8.78. The van der Waals surface area contributed by atoms with Crippen LogP contribution in [0, 0.1) is 12.7 Å². The molecule has 0 aromatic heterocycles. The maximum absolute atomic E-state index is 13.1. The number of hydrogen-bond donors (Lipinski definition) is 2. The quantitative estimate of drug-likeness (QED) is 0.881. The van der Waals surface area contributed by atoms with Crippen LogP contribution in [0.15, 0.2) is 36.4 Å². The van der Waals surface area contributed by atoms with E-state index in [4.69, 9.17) is 11.6 Å². The summed E-state index contributed by atoms with van der Waals surface area (Å²) in [5, 5.41) is 2.49. The van der Waals surface area contributed by atoms with Crippen molar-refractivity contribution < 1.29 is 17.6 Å². The molecule has 23 heavy (non-hydrogen) atoms. The number of sulfonamides is 1. The Bertz CT molecular complexity index is 869. The molecule has 0 fully saturated rings. The third-order valence-electron chi connectivity index (χ3n) is 3.05. The molecule has 0 bridgehead atoms. The zero-order chi connectivity index (χ0) is 17.2. The third kappa shape index (κ3) is 4.43. The van der Waals surface area contributed by atoms with E-state index in [9.17, 15) is 17.6 Å². The second-order valence-corrected chi connectivity index (χ2v) is 7.09. The standard InChI is InChI=1S/C15H14ClFN2O3S/c1-9-11(4-3-5-14(9)19-23(2,21)22)15(20)18-10-6-7-13(17)12(16)8-10/h3-8,19H,1-2H3,(H,18,20). The summed E-state index contributed by atoms with van der Waals surface area (Å²) in [5.74, 6) is -1.04. The van der Waals surface area contributed by atoms with E-state index in [1.807, 2.05) is 0 Å². The Labute approximate surface area is 138 Å². The molecule has 0 saturated carbocycles. The maximum Gasteiger partial charge on any atom is 0.256 e. The van der Waals surface area contributed by atoms with Crippen LogP contribution in [0.2, 0.25) is 5.02 Å². The Hall–Kier alpha value is -2.12. The number of anilines is 2. The van der Waals surface area contributed by atoms with Crippen molar-refractivity contribution in [2.45, 2.75) is 6.92 Å². The molecule has 0 unspecified atom stereocenters. The summed E-state index contributed by atoms with van der Waals surface area (Å²) in [6, 6.07) is 8.50. The molecule has 0 aliphatic heterocycles. The Morgan fingerprint density at radius 3 is 2.52 bits per heavy atom. The zero-order valence-corrected chi connectivity index (χ0v) is 13.9. The van der Waals surface area contributed by atoms with Gasteiger partial charge in [-0.15, -0.1) is 0 Å². The van der Waals surface area contributed by atoms with Gasteiger partial charge in [-0.3, -0.25) is 9.52 Å². The molecule has 2 N–H and O–H groups in total. The number of nitrogens with one attached hydrogen (secondary N) is 2. The lowest BCUT2D eigenvalue weighted by Crippen LogP contribution is -2.16. The van der Waals surface area contributed by atoms with Crippen molar-refractivity contribution in [1.82, 2.24) is 0 Å². The van der Waals surface area contributed by atoms with Crippen LogP contribution in [0.3, 0.4) is 0 Å². The van der Waals surface area contributed by atoms with Crippen LogP contribution >= 0.6 is 11.6 Å². The van der Waals surface area contributed by atoms with Crippen molar-refractivity contribution in [2.75, 3.05) is 16.3 Å². The summed E-state index contributed by atoms with van der Waals surface area (Å²) in [6.45, 7) is 1.63. The van der Waals surface area contributed by atoms with E-state index in [2.05, 4.69) is 10.0 Å². The lowest BCUT2D eigenvalue weighted by Gasteiger charge is -2.12. The second kappa shape index (κ2) is 6.55. The number of carbonyl (C=O) groups is 1. The topological polar surface area (TPSA) is 75.3 Å². The van der Waals surface area contributed by atoms with Crippen molar-refractivity contribution in [2.24, 2.45) is 0 Å². The Morgan fingerprint density at radius 1 is 1.22 bits per heavy atom. The number of halogens is 2. The highest BCUT2D eigenvalue weighted by Gasteiger charge is 2.14. The van der Waals surface area contributed by atoms with Gasteiger partial charge in [0.25, 0.3) is 5.91 Å². The molecular weight excluding hydrogens is 343 g/mol. The molecule has 0 aliphatic carbocycles. The highest BCUT2D eigenvalue weighted by atomic mass is 35.5. The molecule has 0 saturated heterocycles. The number of hydrogen-bond acceptors (Lipinski definition) is 3. The molecule has 2 rings (SSSR count). The zero-order valence-electron chi connectivity index (χ0n) is 12.4. The summed E-state index contributed by atoms with van der Waals surface area (Å²) in [6.07, 6.45) is 1.03. The molecule has 2 aromatic carbocycles. The first-order valence-electron chi connectivity index (χ1n) is 6.51. The van der Waals surface area contributed by atoms with E-state index in [-0.39, 0.29) is 5.02 Å². The lowest BCUT2D eigenvalue weighted by atomic mass is 10.1. The Morgan fingerprint density at radius 2 is 1.91 bits per heavy atom. The molecule has 1 amide bonds. The Kier molecular flexibility index (Phi) is 4.91. The van der Waals surface area contributed by atoms with E-state index < -0.39 is 21.7 Å². The van der Waals surface area contributed by atoms with Gasteiger partial charge in [-0.1, -0.05) is 17.7 Å². The minimum atomic E-state index is -3.45. The molecule has 122 valence electrons. The van der Waals surface area contributed by atoms with E-state index in [0.29, 0.717) is 22.5 Å². The number of benzene rings is 2. The van der Waals surface area contributed by atoms with E-state index in [1.54, 1.807) is 25.1 Å². The highest BCUT2D eigenvalue weighted by molar-refractivity contribution is 7.92. The van der Waals surface area contributed by atoms with Crippen molar-refractivity contribution in [3.05, 3.63) is 58.4 Å². The average Bonchev–Trinajstić information content (AvgIpc) is 2.43. The first-order chi connectivity index (χ1) is 10.7. The minimum absolute atomic E-state index is 0.105. The van der Waals surface area contributed by atoms with Crippen LogP contribution < -0.4 is 10.0 Å². The molecule has 0 spiro atoms. The van der Waals surface area contributed by atoms with Crippen molar-refractivity contribution in [3.63, 3.8) is 0 Å². The van der Waals surface area contributed by atoms with Crippen LogP contribution in [0.1, 0.15) is 15.9 Å². The predicted octanol–water partition coefficient (Wildman–Crippen LogP) is 3.41. The van der Waals surface area contributed by atoms with Gasteiger partial charge in [0.15, 0.2) is 0 Å². The number of carbonyl (C=O) groups excluding carboxylic acids is 1. The smallest absolute Gasteiger partial charge is 0.256 e. The summed E-state index contributed by atoms with van der Waals surface area (Å²) < 4.78 is 38.1. The van der Waals surface area contributed by atoms with Crippen LogP contribution in [0.5, 0.6) is 0 Å². The molecule has 0 aliphatic rings. The maximum atomic E-state index is 13.1. The molecule has 0 radical (unpaired) electrons. The predicted molar refractivity (Wildman–Crippen MR) is 89.0 cm³/mol. The fraction of sp³-hybridized carbons (Fsp3) is 0.133. The Balaban J connectivity index is 2.29. The van der Waals surface area contributed by atoms with Gasteiger partial charge in [0, 0.05) is 11.3 Å². The van der Waals surface area contributed by atoms with Crippen LogP contribution in [-0.4, -0.2) is 20.6 Å². The van der Waals surface area contributed by atoms with Gasteiger partial charge < -0.3 is 5.32 Å². The molecule has 0 heterocycles. The fourth-order valence-corrected chi connectivity index (χ4v) is 2.77. The molecule has 2 aromatic rings. The van der Waals surface area contributed by atoms with Crippen molar-refractivity contribution >= 4 is 38.9 Å². The number of amides is 1. The van der Waals surface area contributed by atoms with Crippen LogP contribution in [0.4, 0.5) is 15.8 Å². The molecule has 8 heteroatoms. The van der Waals surface area contributed by atoms with E-state index in [1.165, 1.54) is 12.1 Å². The third-order valence-corrected chi connectivity index (χ3v) is 3.93. The van der Waals surface area contributed by atoms with Gasteiger partial charge in [-0.2, -0.15) is 0 Å². The average molecular weight is 357 g/mol. The van der Waals surface area contributed by atoms with Gasteiger partial charge in [0.2, 0.25) is 10.0 Å². The minimum Gasteiger partial charge on any atom is -0.322 e. The second-order valence-electron chi connectivity index (χ2n) is 4.94. The van der Waals surface area contributed by atoms with Gasteiger partial charge in [0.1, 0.15) is 5.82 Å². The van der Waals surface area contributed by atoms with Gasteiger partial charge in [-0.05, 0) is 42.8 Å². The van der Waals surface area contributed by atoms with Gasteiger partial charge in [0.05, 0.1) is 17.0 Å². The van der Waals surface area contributed by atoms with Crippen LogP contribution in [0.25, 0.3) is 0 Å². The first kappa shape index (κ1) is 17.2. The molecular formula is C15H14ClFN2O3S. The normalized spacial score (nSPS) is 11.1. The monoisotopic (exact) mass is 356 g/mol. The SMILES string of the molecule is Cc1c(NS(C)(=O)=O)cccc1C(=O)Nc1ccc(F)c(Cl)c1. The van der Waals surface area contributed by atoms with E-state index >= 15 is 0 Å². The van der Waals surface area contributed by atoms with Gasteiger partial charge in [-0.25, -0.2) is 12.8 Å². The van der Waals surface area contributed by atoms with Crippen LogP contribution in [-0.2, 0) is 10.0 Å². The molecule has 0 atom stereocenters. The summed E-state index contributed by atoms with van der Waals surface area (Å²) in [5.41, 5.74) is 1.42. The largest absolute Gasteiger partial charge is 0.322 e. The van der Waals surface area contributed by atoms with E-state index in [0.717, 1.165) is 12.3 Å². The highest BCUT2D eigenvalue weighted by Crippen LogP contribution is 2.23. The van der Waals surface area contributed by atoms with Crippen molar-refractivity contribution in [1.29, 1.82) is 0 Å². The number of rotatable bonds is 4.